The van der Waals surface area contributed by atoms with E-state index in [0.717, 1.165) is 12.8 Å². The molecule has 1 aliphatic carbocycles. The number of fused-ring (bicyclic) bond motifs is 1. The molecule has 0 heterocycles. The molecule has 3 heteroatoms. The molecule has 2 nitrogen and oxygen atoms in total. The molecule has 2 unspecified atom stereocenters. The minimum Gasteiger partial charge on any atom is -0.494 e. The van der Waals surface area contributed by atoms with Crippen LogP contribution in [0.3, 0.4) is 0 Å². The number of benzene rings is 2. The number of hydrogen-bond donors (Lipinski definition) is 1. The molecule has 0 fully saturated rings. The van der Waals surface area contributed by atoms with E-state index >= 15 is 0 Å². The zero-order chi connectivity index (χ0) is 14.8. The maximum atomic E-state index is 14.2. The van der Waals surface area contributed by atoms with Gasteiger partial charge in [0.05, 0.1) is 13.2 Å². The lowest BCUT2D eigenvalue weighted by molar-refractivity contribution is 0.142. The molecule has 0 spiro atoms. The lowest BCUT2D eigenvalue weighted by Gasteiger charge is -2.20. The van der Waals surface area contributed by atoms with E-state index in [1.807, 2.05) is 12.1 Å². The maximum Gasteiger partial charge on any atom is 0.168 e. The topological polar surface area (TPSA) is 29.5 Å². The van der Waals surface area contributed by atoms with Crippen LogP contribution in [0.2, 0.25) is 0 Å². The first kappa shape index (κ1) is 14.1. The molecular formula is C18H19FO2. The molecule has 0 radical (unpaired) electrons. The van der Waals surface area contributed by atoms with Crippen LogP contribution in [0.5, 0.6) is 5.75 Å². The van der Waals surface area contributed by atoms with Gasteiger partial charge in [0.25, 0.3) is 0 Å². The third-order valence-corrected chi connectivity index (χ3v) is 4.34. The van der Waals surface area contributed by atoms with Gasteiger partial charge in [-0.25, -0.2) is 4.39 Å². The number of aliphatic hydroxyl groups is 1. The summed E-state index contributed by atoms with van der Waals surface area (Å²) >= 11 is 0. The molecule has 110 valence electrons. The van der Waals surface area contributed by atoms with Crippen LogP contribution in [0.1, 0.15) is 29.0 Å². The number of halogens is 1. The van der Waals surface area contributed by atoms with Crippen LogP contribution in [0.4, 0.5) is 4.39 Å². The number of ether oxygens (including phenoxy) is 1. The van der Waals surface area contributed by atoms with Crippen molar-refractivity contribution in [2.24, 2.45) is 0 Å². The summed E-state index contributed by atoms with van der Waals surface area (Å²) in [6.07, 6.45) is 1.64. The van der Waals surface area contributed by atoms with Gasteiger partial charge >= 0.3 is 0 Å². The zero-order valence-electron chi connectivity index (χ0n) is 12.1. The summed E-state index contributed by atoms with van der Waals surface area (Å²) in [7, 11) is 1.45. The lowest BCUT2D eigenvalue weighted by atomic mass is 9.91. The molecule has 0 bridgehead atoms. The van der Waals surface area contributed by atoms with E-state index in [9.17, 15) is 9.50 Å². The van der Waals surface area contributed by atoms with E-state index in [4.69, 9.17) is 4.74 Å². The van der Waals surface area contributed by atoms with Gasteiger partial charge in [0.15, 0.2) is 11.6 Å². The van der Waals surface area contributed by atoms with Crippen molar-refractivity contribution in [3.63, 3.8) is 0 Å². The third kappa shape index (κ3) is 2.66. The Morgan fingerprint density at radius 3 is 2.86 bits per heavy atom. The fourth-order valence-electron chi connectivity index (χ4n) is 3.23. The number of rotatable bonds is 4. The highest BCUT2D eigenvalue weighted by Gasteiger charge is 2.29. The molecule has 1 aliphatic rings. The van der Waals surface area contributed by atoms with Crippen molar-refractivity contribution < 1.29 is 14.2 Å². The van der Waals surface area contributed by atoms with Crippen LogP contribution < -0.4 is 4.74 Å². The predicted octanol–water partition coefficient (Wildman–Crippen LogP) is 3.47. The number of aliphatic hydroxyl groups excluding tert-OH is 1. The third-order valence-electron chi connectivity index (χ3n) is 4.34. The molecule has 21 heavy (non-hydrogen) atoms. The molecule has 0 saturated carbocycles. The van der Waals surface area contributed by atoms with E-state index in [2.05, 4.69) is 12.1 Å². The highest BCUT2D eigenvalue weighted by Crippen LogP contribution is 2.36. The van der Waals surface area contributed by atoms with Crippen LogP contribution in [-0.2, 0) is 12.8 Å². The predicted molar refractivity (Wildman–Crippen MR) is 80.2 cm³/mol. The summed E-state index contributed by atoms with van der Waals surface area (Å²) in [6.45, 7) is 0. The molecule has 1 N–H and O–H groups in total. The Morgan fingerprint density at radius 2 is 2.05 bits per heavy atom. The Hall–Kier alpha value is -1.87. The van der Waals surface area contributed by atoms with Gasteiger partial charge < -0.3 is 9.84 Å². The van der Waals surface area contributed by atoms with Crippen LogP contribution in [0, 0.1) is 5.82 Å². The monoisotopic (exact) mass is 286 g/mol. The number of hydrogen-bond acceptors (Lipinski definition) is 2. The summed E-state index contributed by atoms with van der Waals surface area (Å²) in [5, 5.41) is 10.5. The summed E-state index contributed by atoms with van der Waals surface area (Å²) in [5.74, 6) is -0.0522. The van der Waals surface area contributed by atoms with Crippen LogP contribution >= 0.6 is 0 Å². The van der Waals surface area contributed by atoms with Gasteiger partial charge in [0, 0.05) is 12.3 Å². The molecule has 2 atom stereocenters. The summed E-state index contributed by atoms with van der Waals surface area (Å²) in [6, 6.07) is 13.3. The zero-order valence-corrected chi connectivity index (χ0v) is 12.1. The minimum absolute atomic E-state index is 0.0896. The van der Waals surface area contributed by atoms with Gasteiger partial charge in [0.1, 0.15) is 0 Å². The van der Waals surface area contributed by atoms with Crippen molar-refractivity contribution in [3.05, 3.63) is 65.0 Å². The smallest absolute Gasteiger partial charge is 0.168 e. The maximum absolute atomic E-state index is 14.2. The minimum atomic E-state index is -0.574. The van der Waals surface area contributed by atoms with Gasteiger partial charge in [-0.2, -0.15) is 0 Å². The van der Waals surface area contributed by atoms with Crippen molar-refractivity contribution in [3.8, 4) is 5.75 Å². The lowest BCUT2D eigenvalue weighted by Crippen LogP contribution is -2.20. The molecule has 0 saturated heterocycles. The van der Waals surface area contributed by atoms with Gasteiger partial charge in [-0.3, -0.25) is 0 Å². The summed E-state index contributed by atoms with van der Waals surface area (Å²) in [5.41, 5.74) is 3.01. The van der Waals surface area contributed by atoms with Crippen molar-refractivity contribution in [2.75, 3.05) is 7.11 Å². The molecule has 3 rings (SSSR count). The fourth-order valence-corrected chi connectivity index (χ4v) is 3.23. The average molecular weight is 286 g/mol. The Labute approximate surface area is 124 Å². The Kier molecular flexibility index (Phi) is 3.93. The largest absolute Gasteiger partial charge is 0.494 e. The average Bonchev–Trinajstić information content (AvgIpc) is 2.93. The van der Waals surface area contributed by atoms with E-state index in [-0.39, 0.29) is 17.5 Å². The van der Waals surface area contributed by atoms with E-state index in [1.165, 1.54) is 18.2 Å². The van der Waals surface area contributed by atoms with Crippen molar-refractivity contribution in [2.45, 2.75) is 31.3 Å². The van der Waals surface area contributed by atoms with Crippen LogP contribution in [-0.4, -0.2) is 18.3 Å². The van der Waals surface area contributed by atoms with Gasteiger partial charge in [-0.05, 0) is 35.6 Å². The quantitative estimate of drug-likeness (QED) is 0.932. The second kappa shape index (κ2) is 5.86. The molecule has 0 aliphatic heterocycles. The normalized spacial score (nSPS) is 18.3. The summed E-state index contributed by atoms with van der Waals surface area (Å²) < 4.78 is 19.2. The Bertz CT molecular complexity index is 639. The molecule has 2 aromatic rings. The molecule has 0 aromatic heterocycles. The highest BCUT2D eigenvalue weighted by atomic mass is 19.1. The molecule has 2 aromatic carbocycles. The fraction of sp³-hybridized carbons (Fsp3) is 0.333. The Balaban J connectivity index is 1.80. The van der Waals surface area contributed by atoms with Gasteiger partial charge in [0.2, 0.25) is 0 Å². The SMILES string of the molecule is COc1cccc(CC(O)C2CCc3ccccc32)c1F. The molecule has 0 amide bonds. The van der Waals surface area contributed by atoms with Gasteiger partial charge in [-0.1, -0.05) is 36.4 Å². The summed E-state index contributed by atoms with van der Waals surface area (Å²) in [4.78, 5) is 0. The molecular weight excluding hydrogens is 267 g/mol. The first-order chi connectivity index (χ1) is 10.2. The highest BCUT2D eigenvalue weighted by molar-refractivity contribution is 5.37. The second-order valence-corrected chi connectivity index (χ2v) is 5.55. The van der Waals surface area contributed by atoms with E-state index < -0.39 is 6.10 Å². The number of methoxy groups -OCH3 is 1. The second-order valence-electron chi connectivity index (χ2n) is 5.55. The van der Waals surface area contributed by atoms with E-state index in [0.29, 0.717) is 12.0 Å². The van der Waals surface area contributed by atoms with Gasteiger partial charge in [-0.15, -0.1) is 0 Å². The van der Waals surface area contributed by atoms with Crippen LogP contribution in [0.25, 0.3) is 0 Å². The van der Waals surface area contributed by atoms with Crippen molar-refractivity contribution in [1.82, 2.24) is 0 Å². The standard InChI is InChI=1S/C18H19FO2/c1-21-17-8-4-6-13(18(17)19)11-16(20)15-10-9-12-5-2-3-7-14(12)15/h2-8,15-16,20H,9-11H2,1H3. The van der Waals surface area contributed by atoms with Crippen LogP contribution in [0.15, 0.2) is 42.5 Å². The number of aryl methyl sites for hydroxylation is 1. The first-order valence-corrected chi connectivity index (χ1v) is 7.28. The van der Waals surface area contributed by atoms with E-state index in [1.54, 1.807) is 18.2 Å². The van der Waals surface area contributed by atoms with Crippen molar-refractivity contribution >= 4 is 0 Å². The van der Waals surface area contributed by atoms with Crippen molar-refractivity contribution in [1.29, 1.82) is 0 Å². The first-order valence-electron chi connectivity index (χ1n) is 7.28. The Morgan fingerprint density at radius 1 is 1.24 bits per heavy atom.